The predicted molar refractivity (Wildman–Crippen MR) is 163 cm³/mol. The van der Waals surface area contributed by atoms with Gasteiger partial charge in [0.25, 0.3) is 0 Å². The Balaban J connectivity index is 1.49. The van der Waals surface area contributed by atoms with Gasteiger partial charge in [-0.3, -0.25) is 4.98 Å². The van der Waals surface area contributed by atoms with E-state index in [-0.39, 0.29) is 0 Å². The van der Waals surface area contributed by atoms with Crippen LogP contribution in [-0.4, -0.2) is 4.98 Å². The summed E-state index contributed by atoms with van der Waals surface area (Å²) < 4.78 is 0. The zero-order valence-corrected chi connectivity index (χ0v) is 22.8. The lowest BCUT2D eigenvalue weighted by Crippen LogP contribution is -2.09. The highest BCUT2D eigenvalue weighted by Gasteiger charge is 2.15. The number of rotatable bonds is 9. The Hall–Kier alpha value is -4.11. The van der Waals surface area contributed by atoms with E-state index in [1.165, 1.54) is 38.7 Å². The van der Waals surface area contributed by atoms with Crippen molar-refractivity contribution in [3.63, 3.8) is 0 Å². The fourth-order valence-corrected chi connectivity index (χ4v) is 5.17. The van der Waals surface area contributed by atoms with Crippen LogP contribution in [0.25, 0.3) is 22.0 Å². The quantitative estimate of drug-likeness (QED) is 0.212. The number of nitrogens with zero attached hydrogens (tertiary/aromatic N) is 1. The summed E-state index contributed by atoms with van der Waals surface area (Å²) in [7, 11) is 0. The van der Waals surface area contributed by atoms with Crippen molar-refractivity contribution in [1.29, 1.82) is 0 Å². The molecule has 0 spiro atoms. The summed E-state index contributed by atoms with van der Waals surface area (Å²) in [6.07, 6.45) is 0. The Kier molecular flexibility index (Phi) is 7.74. The minimum Gasteiger partial charge on any atom is -0.381 e. The number of benzene rings is 4. The second-order valence-corrected chi connectivity index (χ2v) is 10.5. The molecule has 0 aliphatic carbocycles. The molecular formula is C35H37N3. The zero-order chi connectivity index (χ0) is 26.5. The van der Waals surface area contributed by atoms with Crippen molar-refractivity contribution in [2.75, 3.05) is 10.6 Å². The molecule has 1 heterocycles. The summed E-state index contributed by atoms with van der Waals surface area (Å²) in [6, 6.07) is 36.5. The molecule has 0 saturated carbocycles. The van der Waals surface area contributed by atoms with E-state index < -0.39 is 0 Å². The molecule has 2 N–H and O–H groups in total. The van der Waals surface area contributed by atoms with Crippen LogP contribution >= 0.6 is 0 Å². The van der Waals surface area contributed by atoms with E-state index in [0.29, 0.717) is 18.4 Å². The van der Waals surface area contributed by atoms with Crippen molar-refractivity contribution >= 4 is 22.1 Å². The highest BCUT2D eigenvalue weighted by atomic mass is 14.9. The number of nitrogens with one attached hydrogen (secondary N) is 2. The Morgan fingerprint density at radius 1 is 0.605 bits per heavy atom. The van der Waals surface area contributed by atoms with Gasteiger partial charge in [0.15, 0.2) is 0 Å². The molecule has 0 unspecified atom stereocenters. The molecule has 4 aromatic carbocycles. The predicted octanol–water partition coefficient (Wildman–Crippen LogP) is 9.37. The van der Waals surface area contributed by atoms with E-state index in [1.54, 1.807) is 0 Å². The lowest BCUT2D eigenvalue weighted by molar-refractivity contribution is 0.831. The summed E-state index contributed by atoms with van der Waals surface area (Å²) in [6.45, 7) is 10.4. The standard InChI is InChI=1S/C35H37N3/c1-24(2)30-17-11-18-31(25(3)4)35(30)37-23-29-15-10-19-33(38-29)34-27(22-36-28-13-6-5-7-14-28)21-20-26-12-8-9-16-32(26)34/h5-21,24-25,36-37H,22-23H2,1-4H3. The maximum atomic E-state index is 5.18. The molecule has 0 fully saturated rings. The molecule has 1 aromatic heterocycles. The first kappa shape index (κ1) is 25.5. The second-order valence-electron chi connectivity index (χ2n) is 10.5. The van der Waals surface area contributed by atoms with Gasteiger partial charge in [-0.1, -0.05) is 107 Å². The smallest absolute Gasteiger partial charge is 0.0715 e. The van der Waals surface area contributed by atoms with Crippen molar-refractivity contribution in [1.82, 2.24) is 4.98 Å². The van der Waals surface area contributed by atoms with Gasteiger partial charge >= 0.3 is 0 Å². The summed E-state index contributed by atoms with van der Waals surface area (Å²) in [5.41, 5.74) is 9.55. The highest BCUT2D eigenvalue weighted by Crippen LogP contribution is 2.34. The molecule has 0 amide bonds. The van der Waals surface area contributed by atoms with E-state index in [4.69, 9.17) is 4.98 Å². The van der Waals surface area contributed by atoms with Crippen LogP contribution in [0.3, 0.4) is 0 Å². The zero-order valence-electron chi connectivity index (χ0n) is 22.8. The average Bonchev–Trinajstić information content (AvgIpc) is 2.95. The lowest BCUT2D eigenvalue weighted by Gasteiger charge is -2.21. The maximum absolute atomic E-state index is 5.18. The number of pyridine rings is 1. The van der Waals surface area contributed by atoms with Gasteiger partial charge in [0.2, 0.25) is 0 Å². The van der Waals surface area contributed by atoms with E-state index in [2.05, 4.69) is 135 Å². The van der Waals surface area contributed by atoms with Crippen LogP contribution in [0.15, 0.2) is 103 Å². The lowest BCUT2D eigenvalue weighted by atomic mass is 9.92. The molecule has 0 atom stereocenters. The van der Waals surface area contributed by atoms with Crippen LogP contribution in [0.1, 0.15) is 61.9 Å². The Morgan fingerprint density at radius 2 is 1.29 bits per heavy atom. The Morgan fingerprint density at radius 3 is 2.03 bits per heavy atom. The number of hydrogen-bond donors (Lipinski definition) is 2. The van der Waals surface area contributed by atoms with Gasteiger partial charge < -0.3 is 10.6 Å². The van der Waals surface area contributed by atoms with E-state index in [9.17, 15) is 0 Å². The van der Waals surface area contributed by atoms with E-state index in [1.807, 2.05) is 6.07 Å². The summed E-state index contributed by atoms with van der Waals surface area (Å²) in [5.74, 6) is 0.900. The van der Waals surface area contributed by atoms with E-state index >= 15 is 0 Å². The van der Waals surface area contributed by atoms with Gasteiger partial charge in [-0.05, 0) is 63.6 Å². The Bertz CT molecular complexity index is 1490. The Labute approximate surface area is 227 Å². The first-order chi connectivity index (χ1) is 18.5. The van der Waals surface area contributed by atoms with Crippen molar-refractivity contribution in [3.8, 4) is 11.3 Å². The van der Waals surface area contributed by atoms with Gasteiger partial charge in [-0.15, -0.1) is 0 Å². The van der Waals surface area contributed by atoms with Crippen molar-refractivity contribution < 1.29 is 0 Å². The van der Waals surface area contributed by atoms with Gasteiger partial charge in [0, 0.05) is 23.5 Å². The third-order valence-electron chi connectivity index (χ3n) is 7.15. The van der Waals surface area contributed by atoms with Crippen LogP contribution in [0.4, 0.5) is 11.4 Å². The molecule has 5 rings (SSSR count). The van der Waals surface area contributed by atoms with Crippen LogP contribution in [0.5, 0.6) is 0 Å². The molecule has 0 saturated heterocycles. The first-order valence-corrected chi connectivity index (χ1v) is 13.6. The molecule has 192 valence electrons. The van der Waals surface area contributed by atoms with Gasteiger partial charge in [0.1, 0.15) is 0 Å². The normalized spacial score (nSPS) is 11.3. The first-order valence-electron chi connectivity index (χ1n) is 13.6. The van der Waals surface area contributed by atoms with Crippen LogP contribution in [0.2, 0.25) is 0 Å². The number of fused-ring (bicyclic) bond motifs is 1. The van der Waals surface area contributed by atoms with Gasteiger partial charge in [-0.25, -0.2) is 0 Å². The van der Waals surface area contributed by atoms with Crippen molar-refractivity contribution in [2.45, 2.75) is 52.6 Å². The van der Waals surface area contributed by atoms with Crippen LogP contribution < -0.4 is 10.6 Å². The van der Waals surface area contributed by atoms with Crippen molar-refractivity contribution in [3.05, 3.63) is 126 Å². The maximum Gasteiger partial charge on any atom is 0.0715 e. The molecule has 0 bridgehead atoms. The molecular weight excluding hydrogens is 462 g/mol. The van der Waals surface area contributed by atoms with Crippen molar-refractivity contribution in [2.24, 2.45) is 0 Å². The van der Waals surface area contributed by atoms with Crippen LogP contribution in [0, 0.1) is 0 Å². The molecule has 0 aliphatic rings. The SMILES string of the molecule is CC(C)c1cccc(C(C)C)c1NCc1cccc(-c2c(CNc3ccccc3)ccc3ccccc23)n1. The highest BCUT2D eigenvalue weighted by molar-refractivity contribution is 5.97. The number of anilines is 2. The number of para-hydroxylation sites is 2. The number of aromatic nitrogens is 1. The molecule has 3 nitrogen and oxygen atoms in total. The molecule has 5 aromatic rings. The van der Waals surface area contributed by atoms with Crippen LogP contribution in [-0.2, 0) is 13.1 Å². The summed E-state index contributed by atoms with van der Waals surface area (Å²) in [4.78, 5) is 5.18. The molecule has 0 aliphatic heterocycles. The summed E-state index contributed by atoms with van der Waals surface area (Å²) >= 11 is 0. The molecule has 3 heteroatoms. The molecule has 0 radical (unpaired) electrons. The van der Waals surface area contributed by atoms with Gasteiger partial charge in [0.05, 0.1) is 17.9 Å². The third kappa shape index (κ3) is 5.57. The number of hydrogen-bond acceptors (Lipinski definition) is 3. The molecule has 38 heavy (non-hydrogen) atoms. The summed E-state index contributed by atoms with van der Waals surface area (Å²) in [5, 5.41) is 9.81. The minimum atomic E-state index is 0.450. The average molecular weight is 500 g/mol. The topological polar surface area (TPSA) is 37.0 Å². The fraction of sp³-hybridized carbons (Fsp3) is 0.229. The largest absolute Gasteiger partial charge is 0.381 e. The van der Waals surface area contributed by atoms with Gasteiger partial charge in [-0.2, -0.15) is 0 Å². The van der Waals surface area contributed by atoms with E-state index in [0.717, 1.165) is 23.6 Å². The fourth-order valence-electron chi connectivity index (χ4n) is 5.17. The minimum absolute atomic E-state index is 0.450. The monoisotopic (exact) mass is 499 g/mol. The second kappa shape index (κ2) is 11.5. The third-order valence-corrected chi connectivity index (χ3v) is 7.15.